The molecule has 0 amide bonds. The zero-order valence-corrected chi connectivity index (χ0v) is 6.72. The van der Waals surface area contributed by atoms with Gasteiger partial charge in [0.15, 0.2) is 0 Å². The molecule has 0 aliphatic carbocycles. The van der Waals surface area contributed by atoms with Crippen molar-refractivity contribution in [2.24, 2.45) is 5.73 Å². The van der Waals surface area contributed by atoms with Crippen molar-refractivity contribution in [3.63, 3.8) is 0 Å². The molecule has 1 unspecified atom stereocenters. The Hall–Kier alpha value is -0.610. The zero-order chi connectivity index (χ0) is 8.32. The lowest BCUT2D eigenvalue weighted by molar-refractivity contribution is -0.163. The number of nitrogens with one attached hydrogen (secondary N) is 1. The Kier molecular flexibility index (Phi) is 2.46. The van der Waals surface area contributed by atoms with Crippen molar-refractivity contribution >= 4 is 5.97 Å². The Morgan fingerprint density at radius 2 is 2.36 bits per heavy atom. The topological polar surface area (TPSA) is 64.3 Å². The van der Waals surface area contributed by atoms with Crippen molar-refractivity contribution in [2.45, 2.75) is 32.0 Å². The van der Waals surface area contributed by atoms with Gasteiger partial charge in [-0.2, -0.15) is 0 Å². The van der Waals surface area contributed by atoms with Gasteiger partial charge in [0.2, 0.25) is 5.85 Å². The number of carbonyl (C=O) groups excluding carboxylic acids is 1. The first-order chi connectivity index (χ1) is 5.12. The maximum atomic E-state index is 10.6. The molecule has 11 heavy (non-hydrogen) atoms. The lowest BCUT2D eigenvalue weighted by Crippen LogP contribution is -2.58. The Labute approximate surface area is 66.1 Å². The van der Waals surface area contributed by atoms with E-state index in [2.05, 4.69) is 5.32 Å². The van der Waals surface area contributed by atoms with E-state index in [1.165, 1.54) is 6.92 Å². The molecule has 1 rings (SSSR count). The molecule has 0 bridgehead atoms. The highest BCUT2D eigenvalue weighted by Crippen LogP contribution is 2.14. The minimum atomic E-state index is -0.899. The summed E-state index contributed by atoms with van der Waals surface area (Å²) in [6.45, 7) is 2.19. The highest BCUT2D eigenvalue weighted by Gasteiger charge is 2.29. The van der Waals surface area contributed by atoms with E-state index < -0.39 is 5.85 Å². The van der Waals surface area contributed by atoms with Gasteiger partial charge in [0.25, 0.3) is 0 Å². The summed E-state index contributed by atoms with van der Waals surface area (Å²) in [6.07, 6.45) is 2.81. The first-order valence-electron chi connectivity index (χ1n) is 3.86. The largest absolute Gasteiger partial charge is 0.431 e. The first kappa shape index (κ1) is 8.49. The summed E-state index contributed by atoms with van der Waals surface area (Å²) in [7, 11) is 0. The summed E-state index contributed by atoms with van der Waals surface area (Å²) in [4.78, 5) is 10.6. The zero-order valence-electron chi connectivity index (χ0n) is 6.72. The van der Waals surface area contributed by atoms with Gasteiger partial charge in [-0.15, -0.1) is 0 Å². The second-order valence-corrected chi connectivity index (χ2v) is 2.87. The normalized spacial score (nSPS) is 31.5. The molecule has 1 atom stereocenters. The lowest BCUT2D eigenvalue weighted by Gasteiger charge is -2.33. The number of nitrogens with two attached hydrogens (primary N) is 1. The summed E-state index contributed by atoms with van der Waals surface area (Å²) in [6, 6.07) is 0. The van der Waals surface area contributed by atoms with E-state index in [0.29, 0.717) is 6.42 Å². The van der Waals surface area contributed by atoms with Crippen LogP contribution in [0.15, 0.2) is 0 Å². The fourth-order valence-electron chi connectivity index (χ4n) is 1.24. The fourth-order valence-corrected chi connectivity index (χ4v) is 1.24. The van der Waals surface area contributed by atoms with Crippen molar-refractivity contribution in [3.8, 4) is 0 Å². The number of esters is 1. The number of carbonyl (C=O) groups is 1. The molecule has 3 N–H and O–H groups in total. The number of rotatable bonds is 1. The van der Waals surface area contributed by atoms with Gasteiger partial charge < -0.3 is 4.74 Å². The van der Waals surface area contributed by atoms with Gasteiger partial charge >= 0.3 is 5.97 Å². The SMILES string of the molecule is CC(=O)OC1(N)CCCCN1. The lowest BCUT2D eigenvalue weighted by atomic mass is 10.1. The Bertz CT molecular complexity index is 153. The first-order valence-corrected chi connectivity index (χ1v) is 3.86. The van der Waals surface area contributed by atoms with Crippen molar-refractivity contribution in [1.82, 2.24) is 5.32 Å². The highest BCUT2D eigenvalue weighted by molar-refractivity contribution is 5.66. The van der Waals surface area contributed by atoms with Gasteiger partial charge in [0, 0.05) is 19.9 Å². The van der Waals surface area contributed by atoms with Gasteiger partial charge in [0.1, 0.15) is 0 Å². The van der Waals surface area contributed by atoms with E-state index in [1.807, 2.05) is 0 Å². The van der Waals surface area contributed by atoms with Crippen LogP contribution in [0.3, 0.4) is 0 Å². The van der Waals surface area contributed by atoms with Crippen molar-refractivity contribution in [3.05, 3.63) is 0 Å². The van der Waals surface area contributed by atoms with Gasteiger partial charge in [0.05, 0.1) is 0 Å². The quantitative estimate of drug-likeness (QED) is 0.414. The second-order valence-electron chi connectivity index (χ2n) is 2.87. The predicted octanol–water partition coefficient (Wildman–Crippen LogP) is -0.0645. The molecule has 1 saturated heterocycles. The predicted molar refractivity (Wildman–Crippen MR) is 40.5 cm³/mol. The third-order valence-corrected chi connectivity index (χ3v) is 1.73. The molecule has 64 valence electrons. The Balaban J connectivity index is 2.43. The fraction of sp³-hybridized carbons (Fsp3) is 0.857. The van der Waals surface area contributed by atoms with E-state index in [4.69, 9.17) is 10.5 Å². The molecular formula is C7H14N2O2. The maximum Gasteiger partial charge on any atom is 0.305 e. The van der Waals surface area contributed by atoms with Crippen molar-refractivity contribution in [2.75, 3.05) is 6.54 Å². The van der Waals surface area contributed by atoms with Crippen LogP contribution >= 0.6 is 0 Å². The molecule has 0 aromatic heterocycles. The molecule has 0 spiro atoms. The maximum absolute atomic E-state index is 10.6. The monoisotopic (exact) mass is 158 g/mol. The van der Waals surface area contributed by atoms with E-state index in [-0.39, 0.29) is 5.97 Å². The molecule has 1 heterocycles. The smallest absolute Gasteiger partial charge is 0.305 e. The minimum Gasteiger partial charge on any atom is -0.431 e. The van der Waals surface area contributed by atoms with E-state index in [9.17, 15) is 4.79 Å². The number of piperidine rings is 1. The van der Waals surface area contributed by atoms with E-state index in [0.717, 1.165) is 19.4 Å². The van der Waals surface area contributed by atoms with Crippen LogP contribution in [0.1, 0.15) is 26.2 Å². The number of ether oxygens (including phenoxy) is 1. The minimum absolute atomic E-state index is 0.332. The highest BCUT2D eigenvalue weighted by atomic mass is 16.6. The van der Waals surface area contributed by atoms with Gasteiger partial charge in [-0.1, -0.05) is 0 Å². The molecule has 1 fully saturated rings. The van der Waals surface area contributed by atoms with Crippen LogP contribution in [-0.2, 0) is 9.53 Å². The van der Waals surface area contributed by atoms with Crippen LogP contribution in [0.25, 0.3) is 0 Å². The van der Waals surface area contributed by atoms with Crippen LogP contribution in [0.5, 0.6) is 0 Å². The third kappa shape index (κ3) is 2.48. The van der Waals surface area contributed by atoms with Gasteiger partial charge in [-0.05, 0) is 12.8 Å². The van der Waals surface area contributed by atoms with E-state index in [1.54, 1.807) is 0 Å². The summed E-state index contributed by atoms with van der Waals surface area (Å²) >= 11 is 0. The van der Waals surface area contributed by atoms with Gasteiger partial charge in [-0.3, -0.25) is 15.8 Å². The molecule has 0 aromatic carbocycles. The molecule has 4 nitrogen and oxygen atoms in total. The average Bonchev–Trinajstić information content (AvgIpc) is 1.85. The third-order valence-electron chi connectivity index (χ3n) is 1.73. The molecule has 4 heteroatoms. The molecule has 0 aromatic rings. The average molecular weight is 158 g/mol. The Morgan fingerprint density at radius 1 is 1.64 bits per heavy atom. The molecule has 0 saturated carbocycles. The van der Waals surface area contributed by atoms with E-state index >= 15 is 0 Å². The molecule has 1 aliphatic heterocycles. The van der Waals surface area contributed by atoms with Crippen molar-refractivity contribution in [1.29, 1.82) is 0 Å². The number of hydrogen-bond donors (Lipinski definition) is 2. The number of hydrogen-bond acceptors (Lipinski definition) is 4. The Morgan fingerprint density at radius 3 is 2.82 bits per heavy atom. The summed E-state index contributed by atoms with van der Waals surface area (Å²) < 4.78 is 4.91. The molecule has 1 aliphatic rings. The summed E-state index contributed by atoms with van der Waals surface area (Å²) in [5.41, 5.74) is 5.71. The summed E-state index contributed by atoms with van der Waals surface area (Å²) in [5.74, 6) is -1.23. The standard InChI is InChI=1S/C7H14N2O2/c1-6(10)11-7(8)4-2-3-5-9-7/h9H,2-5,8H2,1H3. The second kappa shape index (κ2) is 3.19. The van der Waals surface area contributed by atoms with Gasteiger partial charge in [-0.25, -0.2) is 0 Å². The van der Waals surface area contributed by atoms with Crippen LogP contribution in [0, 0.1) is 0 Å². The van der Waals surface area contributed by atoms with Crippen LogP contribution in [0.2, 0.25) is 0 Å². The van der Waals surface area contributed by atoms with Crippen molar-refractivity contribution < 1.29 is 9.53 Å². The van der Waals surface area contributed by atoms with Crippen LogP contribution in [-0.4, -0.2) is 18.4 Å². The van der Waals surface area contributed by atoms with Crippen LogP contribution in [0.4, 0.5) is 0 Å². The van der Waals surface area contributed by atoms with Crippen LogP contribution < -0.4 is 11.1 Å². The molecule has 0 radical (unpaired) electrons. The summed E-state index contributed by atoms with van der Waals surface area (Å²) in [5, 5.41) is 2.96. The molecular weight excluding hydrogens is 144 g/mol.